The molecule has 3 aromatic carbocycles. The number of carbonyl (C=O) groups excluding carboxylic acids is 1. The molecular weight excluding hydrogens is 491 g/mol. The van der Waals surface area contributed by atoms with Crippen LogP contribution >= 0.6 is 22.6 Å². The average Bonchev–Trinajstić information content (AvgIpc) is 2.71. The molecule has 30 heavy (non-hydrogen) atoms. The highest BCUT2D eigenvalue weighted by Crippen LogP contribution is 2.34. The Bertz CT molecular complexity index is 1040. The highest BCUT2D eigenvalue weighted by molar-refractivity contribution is 14.1. The third-order valence-corrected chi connectivity index (χ3v) is 5.25. The summed E-state index contributed by atoms with van der Waals surface area (Å²) in [5.41, 5.74) is 5.17. The van der Waals surface area contributed by atoms with Crippen molar-refractivity contribution in [3.05, 3.63) is 80.9 Å². The van der Waals surface area contributed by atoms with E-state index in [0.717, 1.165) is 26.1 Å². The second kappa shape index (κ2) is 10.3. The van der Waals surface area contributed by atoms with Gasteiger partial charge in [-0.05, 0) is 89.5 Å². The van der Waals surface area contributed by atoms with Gasteiger partial charge in [-0.2, -0.15) is 0 Å². The van der Waals surface area contributed by atoms with Crippen LogP contribution in [0.5, 0.6) is 11.5 Å². The molecule has 0 aliphatic rings. The molecule has 0 aliphatic carbocycles. The quantitative estimate of drug-likeness (QED) is 0.386. The fraction of sp³-hybridized carbons (Fsp3) is 0.208. The Labute approximate surface area is 190 Å². The zero-order chi connectivity index (χ0) is 21.5. The fourth-order valence-corrected chi connectivity index (χ4v) is 3.85. The third kappa shape index (κ3) is 6.13. The van der Waals surface area contributed by atoms with Gasteiger partial charge in [-0.1, -0.05) is 24.3 Å². The Balaban J connectivity index is 1.64. The Morgan fingerprint density at radius 2 is 1.63 bits per heavy atom. The first kappa shape index (κ1) is 22.0. The molecule has 2 N–H and O–H groups in total. The van der Waals surface area contributed by atoms with Crippen LogP contribution in [0.1, 0.15) is 16.7 Å². The van der Waals surface area contributed by atoms with Gasteiger partial charge >= 0.3 is 0 Å². The summed E-state index contributed by atoms with van der Waals surface area (Å²) >= 11 is 2.20. The molecule has 0 saturated heterocycles. The van der Waals surface area contributed by atoms with Crippen LogP contribution in [0.4, 0.5) is 11.4 Å². The van der Waals surface area contributed by atoms with E-state index in [4.69, 9.17) is 9.47 Å². The highest BCUT2D eigenvalue weighted by atomic mass is 127. The van der Waals surface area contributed by atoms with Crippen molar-refractivity contribution in [1.29, 1.82) is 0 Å². The number of nitrogens with one attached hydrogen (secondary N) is 2. The lowest BCUT2D eigenvalue weighted by molar-refractivity contribution is -0.118. The second-order valence-electron chi connectivity index (χ2n) is 7.04. The average molecular weight is 516 g/mol. The molecule has 0 bridgehead atoms. The Hall–Kier alpha value is -2.74. The molecule has 6 heteroatoms. The highest BCUT2D eigenvalue weighted by Gasteiger charge is 2.14. The van der Waals surface area contributed by atoms with E-state index in [1.807, 2.05) is 55.5 Å². The van der Waals surface area contributed by atoms with Crippen molar-refractivity contribution in [3.8, 4) is 11.5 Å². The number of hydrogen-bond donors (Lipinski definition) is 2. The molecule has 0 aliphatic heterocycles. The third-order valence-electron chi connectivity index (χ3n) is 4.45. The molecular formula is C24H25IN2O3. The van der Waals surface area contributed by atoms with Gasteiger partial charge in [-0.25, -0.2) is 0 Å². The molecule has 0 aromatic heterocycles. The maximum Gasteiger partial charge on any atom is 0.262 e. The van der Waals surface area contributed by atoms with E-state index in [0.29, 0.717) is 18.0 Å². The van der Waals surface area contributed by atoms with Crippen molar-refractivity contribution >= 4 is 39.9 Å². The number of rotatable bonds is 8. The lowest BCUT2D eigenvalue weighted by atomic mass is 10.2. The van der Waals surface area contributed by atoms with Crippen molar-refractivity contribution in [2.75, 3.05) is 24.4 Å². The van der Waals surface area contributed by atoms with E-state index in [2.05, 4.69) is 52.3 Å². The van der Waals surface area contributed by atoms with E-state index in [1.54, 1.807) is 7.11 Å². The number of ether oxygens (including phenoxy) is 2. The summed E-state index contributed by atoms with van der Waals surface area (Å²) in [5.74, 6) is 0.951. The second-order valence-corrected chi connectivity index (χ2v) is 8.20. The van der Waals surface area contributed by atoms with Crippen molar-refractivity contribution in [1.82, 2.24) is 0 Å². The normalized spacial score (nSPS) is 10.4. The van der Waals surface area contributed by atoms with Gasteiger partial charge in [0.05, 0.1) is 10.7 Å². The minimum absolute atomic E-state index is 0.0960. The van der Waals surface area contributed by atoms with Gasteiger partial charge in [0.15, 0.2) is 18.1 Å². The van der Waals surface area contributed by atoms with Gasteiger partial charge in [0.1, 0.15) is 0 Å². The van der Waals surface area contributed by atoms with Crippen LogP contribution in [-0.4, -0.2) is 19.6 Å². The molecule has 156 valence electrons. The summed E-state index contributed by atoms with van der Waals surface area (Å²) in [4.78, 5) is 12.3. The molecule has 0 unspecified atom stereocenters. The van der Waals surface area contributed by atoms with E-state index in [1.165, 1.54) is 5.56 Å². The van der Waals surface area contributed by atoms with Crippen molar-refractivity contribution in [3.63, 3.8) is 0 Å². The van der Waals surface area contributed by atoms with Crippen LogP contribution in [0, 0.1) is 17.4 Å². The minimum Gasteiger partial charge on any atom is -0.493 e. The Kier molecular flexibility index (Phi) is 7.57. The van der Waals surface area contributed by atoms with E-state index < -0.39 is 0 Å². The van der Waals surface area contributed by atoms with E-state index in [-0.39, 0.29) is 12.5 Å². The first-order valence-corrected chi connectivity index (χ1v) is 10.7. The number of benzene rings is 3. The largest absolute Gasteiger partial charge is 0.493 e. The van der Waals surface area contributed by atoms with Crippen LogP contribution in [-0.2, 0) is 11.3 Å². The van der Waals surface area contributed by atoms with Crippen molar-refractivity contribution < 1.29 is 14.3 Å². The van der Waals surface area contributed by atoms with Crippen molar-refractivity contribution in [2.24, 2.45) is 0 Å². The number of aryl methyl sites for hydroxylation is 2. The van der Waals surface area contributed by atoms with Gasteiger partial charge in [-0.15, -0.1) is 0 Å². The lowest BCUT2D eigenvalue weighted by Gasteiger charge is -2.15. The first-order chi connectivity index (χ1) is 14.4. The predicted molar refractivity (Wildman–Crippen MR) is 130 cm³/mol. The number of amides is 1. The molecule has 0 spiro atoms. The maximum absolute atomic E-state index is 12.3. The number of hydrogen-bond acceptors (Lipinski definition) is 4. The lowest BCUT2D eigenvalue weighted by Crippen LogP contribution is -2.20. The van der Waals surface area contributed by atoms with Crippen LogP contribution in [0.15, 0.2) is 60.7 Å². The molecule has 1 amide bonds. The standard InChI is InChI=1S/C24H25IN2O3/c1-16-6-4-8-19(10-16)26-14-18-12-21(25)24(22(13-18)29-3)30-15-23(28)27-20-9-5-7-17(2)11-20/h4-13,26H,14-15H2,1-3H3,(H,27,28). The SMILES string of the molecule is COc1cc(CNc2cccc(C)c2)cc(I)c1OCC(=O)Nc1cccc(C)c1. The van der Waals surface area contributed by atoms with Gasteiger partial charge in [-0.3, -0.25) is 4.79 Å². The number of halogens is 1. The van der Waals surface area contributed by atoms with Crippen LogP contribution in [0.2, 0.25) is 0 Å². The summed E-state index contributed by atoms with van der Waals surface area (Å²) in [5, 5.41) is 6.27. The molecule has 0 fully saturated rings. The summed E-state index contributed by atoms with van der Waals surface area (Å²) in [7, 11) is 1.60. The number of carbonyl (C=O) groups is 1. The molecule has 0 atom stereocenters. The molecule has 0 heterocycles. The topological polar surface area (TPSA) is 59.6 Å². The van der Waals surface area contributed by atoms with E-state index >= 15 is 0 Å². The van der Waals surface area contributed by atoms with Gasteiger partial charge in [0.2, 0.25) is 0 Å². The van der Waals surface area contributed by atoms with E-state index in [9.17, 15) is 4.79 Å². The summed E-state index contributed by atoms with van der Waals surface area (Å²) < 4.78 is 12.2. The predicted octanol–water partition coefficient (Wildman–Crippen LogP) is 5.55. The zero-order valence-corrected chi connectivity index (χ0v) is 19.4. The fourth-order valence-electron chi connectivity index (χ4n) is 3.03. The van der Waals surface area contributed by atoms with Crippen molar-refractivity contribution in [2.45, 2.75) is 20.4 Å². The first-order valence-electron chi connectivity index (χ1n) is 9.61. The molecule has 0 radical (unpaired) electrons. The molecule has 3 aromatic rings. The Morgan fingerprint density at radius 3 is 2.30 bits per heavy atom. The summed E-state index contributed by atoms with van der Waals surface area (Å²) in [6.45, 7) is 4.61. The molecule has 5 nitrogen and oxygen atoms in total. The van der Waals surface area contributed by atoms with Crippen LogP contribution in [0.25, 0.3) is 0 Å². The Morgan fingerprint density at radius 1 is 0.967 bits per heavy atom. The summed E-state index contributed by atoms with van der Waals surface area (Å²) in [6.07, 6.45) is 0. The maximum atomic E-state index is 12.3. The number of anilines is 2. The smallest absolute Gasteiger partial charge is 0.262 e. The summed E-state index contributed by atoms with van der Waals surface area (Å²) in [6, 6.07) is 19.9. The monoisotopic (exact) mass is 516 g/mol. The van der Waals surface area contributed by atoms with Gasteiger partial charge in [0.25, 0.3) is 5.91 Å². The zero-order valence-electron chi connectivity index (χ0n) is 17.3. The van der Waals surface area contributed by atoms with Crippen LogP contribution < -0.4 is 20.1 Å². The van der Waals surface area contributed by atoms with Gasteiger partial charge < -0.3 is 20.1 Å². The molecule has 0 saturated carbocycles. The number of methoxy groups -OCH3 is 1. The van der Waals surface area contributed by atoms with Crippen LogP contribution in [0.3, 0.4) is 0 Å². The van der Waals surface area contributed by atoms with Gasteiger partial charge in [0, 0.05) is 17.9 Å². The minimum atomic E-state index is -0.219. The molecule has 3 rings (SSSR count).